The molecule has 0 amide bonds. The molecule has 0 unspecified atom stereocenters. The lowest BCUT2D eigenvalue weighted by molar-refractivity contribution is -0.114. The van der Waals surface area contributed by atoms with Crippen LogP contribution in [-0.2, 0) is 11.2 Å². The smallest absolute Gasteiger partial charge is 0.163 e. The summed E-state index contributed by atoms with van der Waals surface area (Å²) in [4.78, 5) is 12.2. The maximum atomic E-state index is 11.2. The molecule has 1 heterocycles. The van der Waals surface area contributed by atoms with Gasteiger partial charge < -0.3 is 0 Å². The standard InChI is InChI=1S/C9H9ClOS/c1-6(2)8(11)5-7-3-4-9(10)12-7/h3-4H,1,5H2,2H3. The highest BCUT2D eigenvalue weighted by atomic mass is 35.5. The van der Waals surface area contributed by atoms with Crippen LogP contribution in [0.2, 0.25) is 4.34 Å². The van der Waals surface area contributed by atoms with E-state index in [0.29, 0.717) is 12.0 Å². The molecule has 0 saturated heterocycles. The summed E-state index contributed by atoms with van der Waals surface area (Å²) in [6.07, 6.45) is 0.423. The van der Waals surface area contributed by atoms with Crippen LogP contribution < -0.4 is 0 Å². The first kappa shape index (κ1) is 9.49. The van der Waals surface area contributed by atoms with E-state index in [1.807, 2.05) is 6.07 Å². The Morgan fingerprint density at radius 3 is 2.75 bits per heavy atom. The quantitative estimate of drug-likeness (QED) is 0.686. The summed E-state index contributed by atoms with van der Waals surface area (Å²) in [5.41, 5.74) is 0.597. The summed E-state index contributed by atoms with van der Waals surface area (Å²) in [5.74, 6) is 0.0773. The van der Waals surface area contributed by atoms with Gasteiger partial charge in [-0.15, -0.1) is 11.3 Å². The normalized spacial score (nSPS) is 9.83. The summed E-state index contributed by atoms with van der Waals surface area (Å²) in [7, 11) is 0. The molecule has 0 aliphatic carbocycles. The number of carbonyl (C=O) groups excluding carboxylic acids is 1. The van der Waals surface area contributed by atoms with Crippen molar-refractivity contribution in [3.05, 3.63) is 33.5 Å². The zero-order chi connectivity index (χ0) is 9.14. The molecule has 1 aromatic rings. The molecule has 0 fully saturated rings. The lowest BCUT2D eigenvalue weighted by atomic mass is 10.1. The average Bonchev–Trinajstić information content (AvgIpc) is 2.35. The van der Waals surface area contributed by atoms with Gasteiger partial charge in [-0.3, -0.25) is 4.79 Å². The van der Waals surface area contributed by atoms with Gasteiger partial charge in [0, 0.05) is 11.3 Å². The fraction of sp³-hybridized carbons (Fsp3) is 0.222. The van der Waals surface area contributed by atoms with Crippen LogP contribution in [0.25, 0.3) is 0 Å². The lowest BCUT2D eigenvalue weighted by Gasteiger charge is -1.94. The van der Waals surface area contributed by atoms with Crippen LogP contribution in [0.5, 0.6) is 0 Å². The van der Waals surface area contributed by atoms with E-state index in [1.165, 1.54) is 11.3 Å². The first-order valence-corrected chi connectivity index (χ1v) is 4.72. The maximum absolute atomic E-state index is 11.2. The van der Waals surface area contributed by atoms with Crippen LogP contribution in [0, 0.1) is 0 Å². The predicted molar refractivity (Wildman–Crippen MR) is 52.9 cm³/mol. The fourth-order valence-corrected chi connectivity index (χ4v) is 1.84. The number of hydrogen-bond acceptors (Lipinski definition) is 2. The molecular formula is C9H9ClOS. The minimum absolute atomic E-state index is 0.0773. The lowest BCUT2D eigenvalue weighted by Crippen LogP contribution is -2.00. The number of rotatable bonds is 3. The molecule has 3 heteroatoms. The molecule has 0 aliphatic rings. The minimum atomic E-state index is 0.0773. The number of ketones is 1. The largest absolute Gasteiger partial charge is 0.294 e. The number of hydrogen-bond donors (Lipinski definition) is 0. The molecule has 0 N–H and O–H groups in total. The van der Waals surface area contributed by atoms with Gasteiger partial charge >= 0.3 is 0 Å². The van der Waals surface area contributed by atoms with Crippen molar-refractivity contribution in [1.82, 2.24) is 0 Å². The molecule has 1 nitrogen and oxygen atoms in total. The van der Waals surface area contributed by atoms with Crippen molar-refractivity contribution < 1.29 is 4.79 Å². The van der Waals surface area contributed by atoms with Crippen molar-refractivity contribution in [3.63, 3.8) is 0 Å². The van der Waals surface area contributed by atoms with Crippen molar-refractivity contribution in [2.45, 2.75) is 13.3 Å². The number of Topliss-reactive ketones (excluding diaryl/α,β-unsaturated/α-hetero) is 1. The monoisotopic (exact) mass is 200 g/mol. The second kappa shape index (κ2) is 3.87. The van der Waals surface area contributed by atoms with E-state index in [4.69, 9.17) is 11.6 Å². The molecule has 0 radical (unpaired) electrons. The highest BCUT2D eigenvalue weighted by Gasteiger charge is 2.05. The number of carbonyl (C=O) groups is 1. The summed E-state index contributed by atoms with van der Waals surface area (Å²) in [5, 5.41) is 0. The van der Waals surface area contributed by atoms with Crippen molar-refractivity contribution in [2.24, 2.45) is 0 Å². The predicted octanol–water partition coefficient (Wildman–Crippen LogP) is 3.09. The highest BCUT2D eigenvalue weighted by molar-refractivity contribution is 7.16. The van der Waals surface area contributed by atoms with Gasteiger partial charge in [-0.1, -0.05) is 18.2 Å². The van der Waals surface area contributed by atoms with E-state index in [1.54, 1.807) is 13.0 Å². The Kier molecular flexibility index (Phi) is 3.06. The van der Waals surface area contributed by atoms with Gasteiger partial charge in [0.1, 0.15) is 0 Å². The average molecular weight is 201 g/mol. The second-order valence-corrected chi connectivity index (χ2v) is 4.39. The van der Waals surface area contributed by atoms with E-state index >= 15 is 0 Å². The molecule has 12 heavy (non-hydrogen) atoms. The van der Waals surface area contributed by atoms with Crippen LogP contribution in [0.3, 0.4) is 0 Å². The SMILES string of the molecule is C=C(C)C(=O)Cc1ccc(Cl)s1. The number of allylic oxidation sites excluding steroid dienone is 1. The zero-order valence-electron chi connectivity index (χ0n) is 6.76. The van der Waals surface area contributed by atoms with Crippen molar-refractivity contribution in [2.75, 3.05) is 0 Å². The van der Waals surface area contributed by atoms with Gasteiger partial charge in [0.25, 0.3) is 0 Å². The number of halogens is 1. The summed E-state index contributed by atoms with van der Waals surface area (Å²) in [6, 6.07) is 3.67. The van der Waals surface area contributed by atoms with Gasteiger partial charge in [0.15, 0.2) is 5.78 Å². The maximum Gasteiger partial charge on any atom is 0.163 e. The molecule has 1 aromatic heterocycles. The van der Waals surface area contributed by atoms with Crippen LogP contribution in [0.1, 0.15) is 11.8 Å². The Labute approximate surface area is 80.7 Å². The molecule has 0 aliphatic heterocycles. The van der Waals surface area contributed by atoms with Crippen molar-refractivity contribution in [1.29, 1.82) is 0 Å². The third-order valence-corrected chi connectivity index (χ3v) is 2.67. The van der Waals surface area contributed by atoms with Crippen LogP contribution in [-0.4, -0.2) is 5.78 Å². The first-order chi connectivity index (χ1) is 5.59. The molecule has 0 bridgehead atoms. The Balaban J connectivity index is 2.64. The van der Waals surface area contributed by atoms with Gasteiger partial charge in [0.2, 0.25) is 0 Å². The molecule has 0 aromatic carbocycles. The Morgan fingerprint density at radius 1 is 1.67 bits per heavy atom. The zero-order valence-corrected chi connectivity index (χ0v) is 8.34. The third-order valence-electron chi connectivity index (χ3n) is 1.44. The second-order valence-electron chi connectivity index (χ2n) is 2.59. The molecule has 0 spiro atoms. The summed E-state index contributed by atoms with van der Waals surface area (Å²) >= 11 is 7.15. The fourth-order valence-electron chi connectivity index (χ4n) is 0.756. The third kappa shape index (κ3) is 2.47. The van der Waals surface area contributed by atoms with Crippen LogP contribution in [0.4, 0.5) is 0 Å². The van der Waals surface area contributed by atoms with E-state index in [-0.39, 0.29) is 5.78 Å². The number of thiophene rings is 1. The van der Waals surface area contributed by atoms with Crippen LogP contribution >= 0.6 is 22.9 Å². The Bertz CT molecular complexity index is 314. The van der Waals surface area contributed by atoms with Gasteiger partial charge in [-0.25, -0.2) is 0 Å². The molecule has 64 valence electrons. The van der Waals surface area contributed by atoms with Gasteiger partial charge in [0.05, 0.1) is 4.34 Å². The molecule has 0 atom stereocenters. The Morgan fingerprint density at radius 2 is 2.33 bits per heavy atom. The van der Waals surface area contributed by atoms with E-state index in [0.717, 1.165) is 9.21 Å². The molecule has 0 saturated carbocycles. The van der Waals surface area contributed by atoms with Crippen molar-refractivity contribution >= 4 is 28.7 Å². The van der Waals surface area contributed by atoms with Crippen LogP contribution in [0.15, 0.2) is 24.3 Å². The van der Waals surface area contributed by atoms with Gasteiger partial charge in [-0.2, -0.15) is 0 Å². The van der Waals surface area contributed by atoms with Crippen molar-refractivity contribution in [3.8, 4) is 0 Å². The van der Waals surface area contributed by atoms with E-state index in [2.05, 4.69) is 6.58 Å². The molecule has 1 rings (SSSR count). The topological polar surface area (TPSA) is 17.1 Å². The summed E-state index contributed by atoms with van der Waals surface area (Å²) < 4.78 is 0.722. The first-order valence-electron chi connectivity index (χ1n) is 3.52. The minimum Gasteiger partial charge on any atom is -0.294 e. The summed E-state index contributed by atoms with van der Waals surface area (Å²) in [6.45, 7) is 5.30. The molecular weight excluding hydrogens is 192 g/mol. The van der Waals surface area contributed by atoms with E-state index < -0.39 is 0 Å². The van der Waals surface area contributed by atoms with Gasteiger partial charge in [-0.05, 0) is 24.6 Å². The highest BCUT2D eigenvalue weighted by Crippen LogP contribution is 2.22. The van der Waals surface area contributed by atoms with E-state index in [9.17, 15) is 4.79 Å². The Hall–Kier alpha value is -0.600.